The fraction of sp³-hybridized carbons (Fsp3) is 0.333. The SMILES string of the molecule is Cn1ccnc1C(=O)CP(=O)(O)O. The van der Waals surface area contributed by atoms with Crippen LogP contribution in [0.25, 0.3) is 0 Å². The Bertz CT molecular complexity index is 366. The third-order valence-electron chi connectivity index (χ3n) is 1.42. The number of hydrogen-bond acceptors (Lipinski definition) is 3. The molecular weight excluding hydrogens is 195 g/mol. The molecule has 1 aromatic heterocycles. The Balaban J connectivity index is 2.82. The van der Waals surface area contributed by atoms with Crippen LogP contribution in [0.1, 0.15) is 10.6 Å². The highest BCUT2D eigenvalue weighted by molar-refractivity contribution is 7.52. The summed E-state index contributed by atoms with van der Waals surface area (Å²) in [5.74, 6) is -0.593. The maximum atomic E-state index is 11.2. The Morgan fingerprint density at radius 3 is 2.69 bits per heavy atom. The number of nitrogens with zero attached hydrogens (tertiary/aromatic N) is 2. The minimum Gasteiger partial charge on any atom is -0.332 e. The summed E-state index contributed by atoms with van der Waals surface area (Å²) in [4.78, 5) is 31.9. The van der Waals surface area contributed by atoms with Crippen molar-refractivity contribution in [1.29, 1.82) is 0 Å². The van der Waals surface area contributed by atoms with Gasteiger partial charge in [-0.25, -0.2) is 4.98 Å². The summed E-state index contributed by atoms with van der Waals surface area (Å²) in [5.41, 5.74) is 0. The monoisotopic (exact) mass is 204 g/mol. The lowest BCUT2D eigenvalue weighted by Gasteiger charge is -2.02. The van der Waals surface area contributed by atoms with Gasteiger partial charge in [-0.3, -0.25) is 9.36 Å². The number of Topliss-reactive ketones (excluding diaryl/α,β-unsaturated/α-hetero) is 1. The van der Waals surface area contributed by atoms with Crippen LogP contribution in [0, 0.1) is 0 Å². The van der Waals surface area contributed by atoms with E-state index in [2.05, 4.69) is 4.98 Å². The van der Waals surface area contributed by atoms with Crippen LogP contribution < -0.4 is 0 Å². The second-order valence-corrected chi connectivity index (χ2v) is 4.25. The normalized spacial score (nSPS) is 11.6. The first kappa shape index (κ1) is 10.1. The molecule has 1 heterocycles. The number of hydrogen-bond donors (Lipinski definition) is 2. The van der Waals surface area contributed by atoms with Gasteiger partial charge in [-0.2, -0.15) is 0 Å². The summed E-state index contributed by atoms with van der Waals surface area (Å²) in [5, 5.41) is 0. The lowest BCUT2D eigenvalue weighted by molar-refractivity contribution is 0.0999. The van der Waals surface area contributed by atoms with E-state index in [0.29, 0.717) is 0 Å². The van der Waals surface area contributed by atoms with Crippen molar-refractivity contribution in [1.82, 2.24) is 9.55 Å². The van der Waals surface area contributed by atoms with Crippen LogP contribution >= 0.6 is 7.60 Å². The molecule has 0 radical (unpaired) electrons. The highest BCUT2D eigenvalue weighted by atomic mass is 31.2. The average Bonchev–Trinajstić information content (AvgIpc) is 2.30. The van der Waals surface area contributed by atoms with Gasteiger partial charge >= 0.3 is 7.60 Å². The molecule has 72 valence electrons. The van der Waals surface area contributed by atoms with Crippen molar-refractivity contribution in [3.63, 3.8) is 0 Å². The van der Waals surface area contributed by atoms with Gasteiger partial charge in [0, 0.05) is 19.4 Å². The van der Waals surface area contributed by atoms with Crippen molar-refractivity contribution in [3.8, 4) is 0 Å². The zero-order chi connectivity index (χ0) is 10.1. The van der Waals surface area contributed by atoms with E-state index in [-0.39, 0.29) is 5.82 Å². The lowest BCUT2D eigenvalue weighted by atomic mass is 10.4. The summed E-state index contributed by atoms with van der Waals surface area (Å²) < 4.78 is 11.9. The summed E-state index contributed by atoms with van der Waals surface area (Å²) in [6.07, 6.45) is 2.14. The van der Waals surface area contributed by atoms with Gasteiger partial charge in [0.05, 0.1) is 0 Å². The molecule has 1 rings (SSSR count). The van der Waals surface area contributed by atoms with E-state index in [1.165, 1.54) is 17.0 Å². The van der Waals surface area contributed by atoms with Crippen molar-refractivity contribution in [3.05, 3.63) is 18.2 Å². The molecule has 0 unspecified atom stereocenters. The molecule has 2 N–H and O–H groups in total. The molecule has 0 aliphatic carbocycles. The Morgan fingerprint density at radius 1 is 1.69 bits per heavy atom. The molecule has 6 nitrogen and oxygen atoms in total. The lowest BCUT2D eigenvalue weighted by Crippen LogP contribution is -2.11. The molecule has 7 heteroatoms. The molecule has 0 aliphatic heterocycles. The second kappa shape index (κ2) is 3.41. The Morgan fingerprint density at radius 2 is 2.31 bits per heavy atom. The Labute approximate surface area is 74.4 Å². The molecule has 0 aromatic carbocycles. The number of carbonyl (C=O) groups is 1. The molecule has 13 heavy (non-hydrogen) atoms. The zero-order valence-electron chi connectivity index (χ0n) is 6.91. The highest BCUT2D eigenvalue weighted by Gasteiger charge is 2.22. The van der Waals surface area contributed by atoms with Gasteiger partial charge in [0.2, 0.25) is 5.78 Å². The third-order valence-corrected chi connectivity index (χ3v) is 2.12. The molecule has 1 aromatic rings. The van der Waals surface area contributed by atoms with Gasteiger partial charge in [-0.05, 0) is 0 Å². The molecule has 0 bridgehead atoms. The molecule has 0 atom stereocenters. The van der Waals surface area contributed by atoms with E-state index in [1.807, 2.05) is 0 Å². The molecule has 0 amide bonds. The van der Waals surface area contributed by atoms with Gasteiger partial charge < -0.3 is 14.4 Å². The van der Waals surface area contributed by atoms with Crippen molar-refractivity contribution in [2.24, 2.45) is 7.05 Å². The zero-order valence-corrected chi connectivity index (χ0v) is 7.81. The van der Waals surface area contributed by atoms with Gasteiger partial charge in [-0.1, -0.05) is 0 Å². The standard InChI is InChI=1S/C6H9N2O4P/c1-8-3-2-7-6(8)5(9)4-13(10,11)12/h2-3H,4H2,1H3,(H2,10,11,12). The molecule has 0 fully saturated rings. The van der Waals surface area contributed by atoms with Crippen LogP contribution in [0.5, 0.6) is 0 Å². The van der Waals surface area contributed by atoms with E-state index in [1.54, 1.807) is 7.05 Å². The molecule has 0 saturated heterocycles. The van der Waals surface area contributed by atoms with E-state index >= 15 is 0 Å². The smallest absolute Gasteiger partial charge is 0.332 e. The fourth-order valence-corrected chi connectivity index (χ4v) is 1.41. The first-order chi connectivity index (χ1) is 5.90. The van der Waals surface area contributed by atoms with Crippen molar-refractivity contribution >= 4 is 13.4 Å². The van der Waals surface area contributed by atoms with Crippen LogP contribution in [0.2, 0.25) is 0 Å². The number of aromatic nitrogens is 2. The number of carbonyl (C=O) groups excluding carboxylic acids is 1. The molecule has 0 aliphatic rings. The first-order valence-corrected chi connectivity index (χ1v) is 5.25. The second-order valence-electron chi connectivity index (χ2n) is 2.61. The first-order valence-electron chi connectivity index (χ1n) is 3.45. The minimum absolute atomic E-state index is 0.0586. The largest absolute Gasteiger partial charge is 0.333 e. The van der Waals surface area contributed by atoms with E-state index in [4.69, 9.17) is 9.79 Å². The summed E-state index contributed by atoms with van der Waals surface area (Å²) >= 11 is 0. The van der Waals surface area contributed by atoms with Crippen molar-refractivity contribution in [2.45, 2.75) is 0 Å². The maximum absolute atomic E-state index is 11.2. The van der Waals surface area contributed by atoms with E-state index < -0.39 is 19.5 Å². The van der Waals surface area contributed by atoms with Crippen LogP contribution in [0.15, 0.2) is 12.4 Å². The van der Waals surface area contributed by atoms with Gasteiger partial charge in [0.25, 0.3) is 0 Å². The summed E-state index contributed by atoms with van der Waals surface area (Å²) in [7, 11) is -2.70. The average molecular weight is 204 g/mol. The third kappa shape index (κ3) is 2.77. The number of ketones is 1. The van der Waals surface area contributed by atoms with Crippen molar-refractivity contribution in [2.75, 3.05) is 6.16 Å². The Hall–Kier alpha value is -0.970. The van der Waals surface area contributed by atoms with Crippen LogP contribution in [-0.4, -0.2) is 31.3 Å². The quantitative estimate of drug-likeness (QED) is 0.524. The summed E-state index contributed by atoms with van der Waals surface area (Å²) in [6, 6.07) is 0. The minimum atomic E-state index is -4.29. The van der Waals surface area contributed by atoms with Gasteiger partial charge in [0.15, 0.2) is 5.82 Å². The molecular formula is C6H9N2O4P. The fourth-order valence-electron chi connectivity index (χ4n) is 0.892. The summed E-state index contributed by atoms with van der Waals surface area (Å²) in [6.45, 7) is 0. The molecule has 0 saturated carbocycles. The van der Waals surface area contributed by atoms with Gasteiger partial charge in [0.1, 0.15) is 6.16 Å². The van der Waals surface area contributed by atoms with E-state index in [0.717, 1.165) is 0 Å². The van der Waals surface area contributed by atoms with Crippen LogP contribution in [0.4, 0.5) is 0 Å². The highest BCUT2D eigenvalue weighted by Crippen LogP contribution is 2.34. The number of aryl methyl sites for hydroxylation is 1. The number of rotatable bonds is 3. The van der Waals surface area contributed by atoms with Crippen LogP contribution in [-0.2, 0) is 11.6 Å². The van der Waals surface area contributed by atoms with Crippen LogP contribution in [0.3, 0.4) is 0 Å². The van der Waals surface area contributed by atoms with Crippen molar-refractivity contribution < 1.29 is 19.1 Å². The molecule has 0 spiro atoms. The Kier molecular flexibility index (Phi) is 2.66. The van der Waals surface area contributed by atoms with Gasteiger partial charge in [-0.15, -0.1) is 0 Å². The van der Waals surface area contributed by atoms with E-state index in [9.17, 15) is 9.36 Å². The topological polar surface area (TPSA) is 92.4 Å². The number of imidazole rings is 1. The predicted octanol–water partition coefficient (Wildman–Crippen LogP) is -0.220. The predicted molar refractivity (Wildman–Crippen MR) is 44.4 cm³/mol. The maximum Gasteiger partial charge on any atom is 0.333 e.